The van der Waals surface area contributed by atoms with E-state index in [1.54, 1.807) is 0 Å². The van der Waals surface area contributed by atoms with Crippen LogP contribution in [-0.4, -0.2) is 38.4 Å². The zero-order valence-electron chi connectivity index (χ0n) is 5.47. The second-order valence-electron chi connectivity index (χ2n) is 2.32. The molecule has 52 valence electrons. The Balaban J connectivity index is 0.000000640. The van der Waals surface area contributed by atoms with E-state index in [9.17, 15) is 4.79 Å². The van der Waals surface area contributed by atoms with E-state index in [0.29, 0.717) is 0 Å². The number of hydrogen-bond donors (Lipinski definition) is 1. The molecule has 0 amide bonds. The standard InChI is InChI=1S/C6H10O2.Pb.2H/c7-6(8)5-3-1-2-4-5;;;/h5H,1-4H2,(H,7,8);;;. The van der Waals surface area contributed by atoms with E-state index >= 15 is 0 Å². The van der Waals surface area contributed by atoms with Gasteiger partial charge in [-0.25, -0.2) is 0 Å². The molecule has 1 N–H and O–H groups in total. The summed E-state index contributed by atoms with van der Waals surface area (Å²) in [5, 5.41) is 8.41. The van der Waals surface area contributed by atoms with Crippen molar-refractivity contribution in [1.82, 2.24) is 0 Å². The van der Waals surface area contributed by atoms with Crippen molar-refractivity contribution in [1.29, 1.82) is 0 Å². The molecule has 2 nitrogen and oxygen atoms in total. The van der Waals surface area contributed by atoms with Crippen molar-refractivity contribution in [2.24, 2.45) is 5.92 Å². The predicted molar refractivity (Wildman–Crippen MR) is 38.1 cm³/mol. The molecular weight excluding hydrogens is 311 g/mol. The third-order valence-corrected chi connectivity index (χ3v) is 1.70. The quantitative estimate of drug-likeness (QED) is 0.707. The Bertz CT molecular complexity index is 97.2. The van der Waals surface area contributed by atoms with Crippen molar-refractivity contribution in [2.45, 2.75) is 25.7 Å². The molecule has 0 aromatic heterocycles. The number of carboxylic acid groups (broad SMARTS) is 1. The van der Waals surface area contributed by atoms with Crippen molar-refractivity contribution in [2.75, 3.05) is 0 Å². The maximum absolute atomic E-state index is 10.2. The van der Waals surface area contributed by atoms with Crippen LogP contribution in [0, 0.1) is 5.92 Å². The predicted octanol–water partition coefficient (Wildman–Crippen LogP) is 0.345. The van der Waals surface area contributed by atoms with Gasteiger partial charge in [-0.1, -0.05) is 12.8 Å². The first-order valence-corrected chi connectivity index (χ1v) is 3.03. The molecule has 0 aromatic carbocycles. The Morgan fingerprint density at radius 3 is 2.00 bits per heavy atom. The van der Waals surface area contributed by atoms with Crippen molar-refractivity contribution in [3.63, 3.8) is 0 Å². The Morgan fingerprint density at radius 1 is 1.33 bits per heavy atom. The molecule has 1 fully saturated rings. The molecule has 0 aromatic rings. The fourth-order valence-corrected chi connectivity index (χ4v) is 1.17. The molecule has 3 heteroatoms. The van der Waals surface area contributed by atoms with Crippen molar-refractivity contribution < 1.29 is 9.90 Å². The van der Waals surface area contributed by atoms with Gasteiger partial charge in [0.05, 0.1) is 5.92 Å². The van der Waals surface area contributed by atoms with E-state index in [-0.39, 0.29) is 33.2 Å². The molecular formula is C6H12O2Pb. The first-order chi connectivity index (χ1) is 3.80. The summed E-state index contributed by atoms with van der Waals surface area (Å²) in [7, 11) is 0. The molecule has 1 rings (SSSR count). The Kier molecular flexibility index (Phi) is 4.43. The topological polar surface area (TPSA) is 37.3 Å². The molecule has 2 radical (unpaired) electrons. The minimum atomic E-state index is -0.609. The summed E-state index contributed by atoms with van der Waals surface area (Å²) in [5.41, 5.74) is 0. The van der Waals surface area contributed by atoms with Gasteiger partial charge in [-0.2, -0.15) is 0 Å². The van der Waals surface area contributed by atoms with Crippen LogP contribution in [0.1, 0.15) is 25.7 Å². The summed E-state index contributed by atoms with van der Waals surface area (Å²) in [6.45, 7) is 0. The van der Waals surface area contributed by atoms with Crippen LogP contribution in [0.15, 0.2) is 0 Å². The summed E-state index contributed by atoms with van der Waals surface area (Å²) < 4.78 is 0. The molecule has 0 bridgehead atoms. The number of hydrogen-bond acceptors (Lipinski definition) is 1. The number of carbonyl (C=O) groups is 1. The number of aliphatic carboxylic acids is 1. The van der Waals surface area contributed by atoms with Crippen LogP contribution in [-0.2, 0) is 4.79 Å². The molecule has 0 saturated heterocycles. The van der Waals surface area contributed by atoms with Crippen LogP contribution >= 0.6 is 0 Å². The van der Waals surface area contributed by atoms with Crippen molar-refractivity contribution in [3.8, 4) is 0 Å². The third kappa shape index (κ3) is 2.64. The summed E-state index contributed by atoms with van der Waals surface area (Å²) in [4.78, 5) is 10.2. The minimum absolute atomic E-state index is 0. The molecule has 0 aliphatic heterocycles. The van der Waals surface area contributed by atoms with E-state index < -0.39 is 5.97 Å². The fraction of sp³-hybridized carbons (Fsp3) is 0.833. The Hall–Kier alpha value is 0.392. The van der Waals surface area contributed by atoms with Crippen molar-refractivity contribution in [3.05, 3.63) is 0 Å². The maximum atomic E-state index is 10.2. The summed E-state index contributed by atoms with van der Waals surface area (Å²) in [6, 6.07) is 0. The van der Waals surface area contributed by atoms with Gasteiger partial charge in [-0.15, -0.1) is 0 Å². The van der Waals surface area contributed by atoms with Crippen LogP contribution in [0.2, 0.25) is 0 Å². The Morgan fingerprint density at radius 2 is 1.78 bits per heavy atom. The van der Waals surface area contributed by atoms with Gasteiger partial charge in [0.2, 0.25) is 0 Å². The van der Waals surface area contributed by atoms with Gasteiger partial charge in [0, 0.05) is 0 Å². The van der Waals surface area contributed by atoms with Crippen molar-refractivity contribution >= 4 is 33.3 Å². The SMILES string of the molecule is O=C(O)C1CCCC1.[PbH2]. The second-order valence-corrected chi connectivity index (χ2v) is 2.32. The van der Waals surface area contributed by atoms with Crippen LogP contribution in [0.25, 0.3) is 0 Å². The molecule has 0 heterocycles. The summed E-state index contributed by atoms with van der Waals surface area (Å²) >= 11 is 0. The van der Waals surface area contributed by atoms with Gasteiger partial charge in [0.25, 0.3) is 0 Å². The van der Waals surface area contributed by atoms with E-state index in [1.165, 1.54) is 0 Å². The van der Waals surface area contributed by atoms with Crippen LogP contribution < -0.4 is 0 Å². The zero-order valence-corrected chi connectivity index (χ0v) is 11.0. The van der Waals surface area contributed by atoms with E-state index in [1.807, 2.05) is 0 Å². The average Bonchev–Trinajstić information content (AvgIpc) is 2.12. The van der Waals surface area contributed by atoms with Gasteiger partial charge in [-0.05, 0) is 12.8 Å². The van der Waals surface area contributed by atoms with Gasteiger partial charge in [-0.3, -0.25) is 4.79 Å². The van der Waals surface area contributed by atoms with Crippen LogP contribution in [0.3, 0.4) is 0 Å². The first kappa shape index (κ1) is 9.39. The Labute approximate surface area is 74.8 Å². The summed E-state index contributed by atoms with van der Waals surface area (Å²) in [6.07, 6.45) is 4.01. The average molecular weight is 323 g/mol. The first-order valence-electron chi connectivity index (χ1n) is 3.03. The van der Waals surface area contributed by atoms with Gasteiger partial charge >= 0.3 is 33.3 Å². The van der Waals surface area contributed by atoms with Crippen LogP contribution in [0.5, 0.6) is 0 Å². The molecule has 0 unspecified atom stereocenters. The monoisotopic (exact) mass is 324 g/mol. The van der Waals surface area contributed by atoms with Crippen LogP contribution in [0.4, 0.5) is 0 Å². The molecule has 0 spiro atoms. The van der Waals surface area contributed by atoms with Gasteiger partial charge < -0.3 is 5.11 Å². The molecule has 1 saturated carbocycles. The van der Waals surface area contributed by atoms with E-state index in [0.717, 1.165) is 25.7 Å². The normalized spacial score (nSPS) is 19.1. The zero-order chi connectivity index (χ0) is 5.98. The number of carboxylic acids is 1. The van der Waals surface area contributed by atoms with E-state index in [4.69, 9.17) is 5.11 Å². The summed E-state index contributed by atoms with van der Waals surface area (Å²) in [5.74, 6) is -0.627. The van der Waals surface area contributed by atoms with Gasteiger partial charge in [0.1, 0.15) is 0 Å². The third-order valence-electron chi connectivity index (χ3n) is 1.70. The molecule has 1 aliphatic carbocycles. The molecule has 0 atom stereocenters. The number of rotatable bonds is 1. The molecule has 9 heavy (non-hydrogen) atoms. The second kappa shape index (κ2) is 4.25. The van der Waals surface area contributed by atoms with E-state index in [2.05, 4.69) is 0 Å². The molecule has 1 aliphatic rings. The fourth-order valence-electron chi connectivity index (χ4n) is 1.17. The van der Waals surface area contributed by atoms with Gasteiger partial charge in [0.15, 0.2) is 0 Å².